The van der Waals surface area contributed by atoms with Crippen molar-refractivity contribution >= 4 is 11.8 Å². The maximum absolute atomic E-state index is 12.6. The minimum atomic E-state index is -0.446. The fourth-order valence-electron chi connectivity index (χ4n) is 3.10. The molecule has 130 valence electrons. The lowest BCUT2D eigenvalue weighted by molar-refractivity contribution is -0.142. The van der Waals surface area contributed by atoms with Gasteiger partial charge in [-0.3, -0.25) is 14.2 Å². The standard InChI is InChI=1S/C18H20N4O3/c1-14(23)22-11-10-20(12-16(22)15-6-3-2-4-7-15)17(24)13-21-9-5-8-19-18(21)25/h2-9,16H,10-13H2,1H3/t16-/m1/s1. The van der Waals surface area contributed by atoms with Crippen LogP contribution in [0.1, 0.15) is 18.5 Å². The Morgan fingerprint density at radius 3 is 2.60 bits per heavy atom. The lowest BCUT2D eigenvalue weighted by Gasteiger charge is -2.41. The lowest BCUT2D eigenvalue weighted by Crippen LogP contribution is -2.52. The monoisotopic (exact) mass is 340 g/mol. The van der Waals surface area contributed by atoms with E-state index in [-0.39, 0.29) is 24.4 Å². The number of piperazine rings is 1. The molecule has 7 nitrogen and oxygen atoms in total. The van der Waals surface area contributed by atoms with Gasteiger partial charge in [0.2, 0.25) is 11.8 Å². The van der Waals surface area contributed by atoms with E-state index in [4.69, 9.17) is 0 Å². The number of nitrogens with zero attached hydrogens (tertiary/aromatic N) is 4. The predicted octanol–water partition coefficient (Wildman–Crippen LogP) is 0.675. The zero-order chi connectivity index (χ0) is 17.8. The average molecular weight is 340 g/mol. The number of hydrogen-bond acceptors (Lipinski definition) is 4. The van der Waals surface area contributed by atoms with Gasteiger partial charge in [-0.1, -0.05) is 30.3 Å². The van der Waals surface area contributed by atoms with Crippen molar-refractivity contribution in [1.82, 2.24) is 19.4 Å². The molecular weight excluding hydrogens is 320 g/mol. The molecular formula is C18H20N4O3. The fraction of sp³-hybridized carbons (Fsp3) is 0.333. The quantitative estimate of drug-likeness (QED) is 0.823. The van der Waals surface area contributed by atoms with Gasteiger partial charge in [0, 0.05) is 39.0 Å². The van der Waals surface area contributed by atoms with E-state index in [1.165, 1.54) is 10.8 Å². The molecule has 25 heavy (non-hydrogen) atoms. The minimum absolute atomic E-state index is 0.00979. The van der Waals surface area contributed by atoms with Crippen LogP contribution in [0.2, 0.25) is 0 Å². The van der Waals surface area contributed by atoms with Gasteiger partial charge in [0.1, 0.15) is 6.54 Å². The van der Waals surface area contributed by atoms with Crippen molar-refractivity contribution in [2.24, 2.45) is 0 Å². The average Bonchev–Trinajstić information content (AvgIpc) is 2.63. The van der Waals surface area contributed by atoms with Gasteiger partial charge in [0.05, 0.1) is 6.04 Å². The van der Waals surface area contributed by atoms with E-state index in [0.717, 1.165) is 5.56 Å². The molecule has 0 unspecified atom stereocenters. The van der Waals surface area contributed by atoms with Crippen LogP contribution in [-0.2, 0) is 16.1 Å². The summed E-state index contributed by atoms with van der Waals surface area (Å²) in [6.07, 6.45) is 2.95. The van der Waals surface area contributed by atoms with Gasteiger partial charge in [0.25, 0.3) is 0 Å². The molecule has 3 rings (SSSR count). The second-order valence-electron chi connectivity index (χ2n) is 6.01. The first kappa shape index (κ1) is 16.9. The summed E-state index contributed by atoms with van der Waals surface area (Å²) in [7, 11) is 0. The zero-order valence-corrected chi connectivity index (χ0v) is 14.0. The summed E-state index contributed by atoms with van der Waals surface area (Å²) in [6.45, 7) is 2.84. The van der Waals surface area contributed by atoms with Gasteiger partial charge in [-0.2, -0.15) is 0 Å². The minimum Gasteiger partial charge on any atom is -0.337 e. The van der Waals surface area contributed by atoms with Crippen LogP contribution < -0.4 is 5.69 Å². The maximum Gasteiger partial charge on any atom is 0.347 e. The van der Waals surface area contributed by atoms with Gasteiger partial charge in [-0.15, -0.1) is 0 Å². The second kappa shape index (κ2) is 7.29. The maximum atomic E-state index is 12.6. The van der Waals surface area contributed by atoms with Gasteiger partial charge in [-0.05, 0) is 11.6 Å². The Labute approximate surface area is 145 Å². The molecule has 2 amide bonds. The molecule has 1 aliphatic heterocycles. The van der Waals surface area contributed by atoms with Crippen molar-refractivity contribution in [3.63, 3.8) is 0 Å². The predicted molar refractivity (Wildman–Crippen MR) is 91.6 cm³/mol. The van der Waals surface area contributed by atoms with E-state index in [1.807, 2.05) is 30.3 Å². The van der Waals surface area contributed by atoms with Gasteiger partial charge in [-0.25, -0.2) is 9.78 Å². The summed E-state index contributed by atoms with van der Waals surface area (Å²) in [5.74, 6) is -0.163. The highest BCUT2D eigenvalue weighted by Gasteiger charge is 2.32. The van der Waals surface area contributed by atoms with Crippen molar-refractivity contribution < 1.29 is 9.59 Å². The van der Waals surface area contributed by atoms with Crippen LogP contribution in [0.5, 0.6) is 0 Å². The first-order valence-corrected chi connectivity index (χ1v) is 8.17. The first-order chi connectivity index (χ1) is 12.1. The Bertz CT molecular complexity index is 818. The molecule has 1 fully saturated rings. The normalized spacial score (nSPS) is 17.4. The van der Waals surface area contributed by atoms with E-state index >= 15 is 0 Å². The molecule has 0 aliphatic carbocycles. The Morgan fingerprint density at radius 2 is 1.92 bits per heavy atom. The zero-order valence-electron chi connectivity index (χ0n) is 14.0. The summed E-state index contributed by atoms with van der Waals surface area (Å²) in [5.41, 5.74) is 0.548. The van der Waals surface area contributed by atoms with Crippen LogP contribution in [0, 0.1) is 0 Å². The number of aromatic nitrogens is 2. The smallest absolute Gasteiger partial charge is 0.337 e. The van der Waals surface area contributed by atoms with Crippen LogP contribution in [0.4, 0.5) is 0 Å². The van der Waals surface area contributed by atoms with Gasteiger partial charge in [0.15, 0.2) is 0 Å². The van der Waals surface area contributed by atoms with Crippen LogP contribution >= 0.6 is 0 Å². The molecule has 0 saturated carbocycles. The molecule has 1 aliphatic rings. The number of rotatable bonds is 3. The third-order valence-electron chi connectivity index (χ3n) is 4.41. The molecule has 0 radical (unpaired) electrons. The second-order valence-corrected chi connectivity index (χ2v) is 6.01. The van der Waals surface area contributed by atoms with E-state index in [2.05, 4.69) is 4.98 Å². The number of benzene rings is 1. The fourth-order valence-corrected chi connectivity index (χ4v) is 3.10. The SMILES string of the molecule is CC(=O)N1CCN(C(=O)Cn2cccnc2=O)C[C@@H]1c1ccccc1. The highest BCUT2D eigenvalue weighted by atomic mass is 16.2. The highest BCUT2D eigenvalue weighted by Crippen LogP contribution is 2.25. The molecule has 0 N–H and O–H groups in total. The third kappa shape index (κ3) is 3.76. The van der Waals surface area contributed by atoms with E-state index in [0.29, 0.717) is 19.6 Å². The molecule has 0 spiro atoms. The number of hydrogen-bond donors (Lipinski definition) is 0. The summed E-state index contributed by atoms with van der Waals surface area (Å²) in [6, 6.07) is 11.1. The highest BCUT2D eigenvalue weighted by molar-refractivity contribution is 5.77. The molecule has 1 atom stereocenters. The molecule has 1 saturated heterocycles. The molecule has 1 aromatic heterocycles. The van der Waals surface area contributed by atoms with Crippen molar-refractivity contribution in [3.05, 3.63) is 64.8 Å². The molecule has 1 aromatic carbocycles. The molecule has 2 aromatic rings. The van der Waals surface area contributed by atoms with Crippen LogP contribution in [0.25, 0.3) is 0 Å². The van der Waals surface area contributed by atoms with Crippen molar-refractivity contribution in [2.75, 3.05) is 19.6 Å². The molecule has 0 bridgehead atoms. The van der Waals surface area contributed by atoms with E-state index in [1.54, 1.807) is 29.0 Å². The summed E-state index contributed by atoms with van der Waals surface area (Å²) in [5, 5.41) is 0. The number of carbonyl (C=O) groups is 2. The van der Waals surface area contributed by atoms with Crippen molar-refractivity contribution in [1.29, 1.82) is 0 Å². The van der Waals surface area contributed by atoms with Gasteiger partial charge >= 0.3 is 5.69 Å². The van der Waals surface area contributed by atoms with Crippen LogP contribution in [0.3, 0.4) is 0 Å². The Kier molecular flexibility index (Phi) is 4.92. The molecule has 7 heteroatoms. The molecule has 2 heterocycles. The Morgan fingerprint density at radius 1 is 1.16 bits per heavy atom. The van der Waals surface area contributed by atoms with Gasteiger partial charge < -0.3 is 9.80 Å². The van der Waals surface area contributed by atoms with E-state index < -0.39 is 5.69 Å². The number of carbonyl (C=O) groups excluding carboxylic acids is 2. The summed E-state index contributed by atoms with van der Waals surface area (Å²) < 4.78 is 1.29. The topological polar surface area (TPSA) is 75.5 Å². The van der Waals surface area contributed by atoms with E-state index in [9.17, 15) is 14.4 Å². The number of amides is 2. The lowest BCUT2D eigenvalue weighted by atomic mass is 10.0. The Balaban J connectivity index is 1.78. The van der Waals surface area contributed by atoms with Crippen molar-refractivity contribution in [2.45, 2.75) is 19.5 Å². The first-order valence-electron chi connectivity index (χ1n) is 8.17. The largest absolute Gasteiger partial charge is 0.347 e. The van der Waals surface area contributed by atoms with Crippen LogP contribution in [0.15, 0.2) is 53.6 Å². The third-order valence-corrected chi connectivity index (χ3v) is 4.41. The summed E-state index contributed by atoms with van der Waals surface area (Å²) >= 11 is 0. The van der Waals surface area contributed by atoms with Crippen LogP contribution in [-0.4, -0.2) is 50.8 Å². The summed E-state index contributed by atoms with van der Waals surface area (Å²) in [4.78, 5) is 43.4. The van der Waals surface area contributed by atoms with Crippen molar-refractivity contribution in [3.8, 4) is 0 Å². The Hall–Kier alpha value is -2.96.